The molecule has 0 saturated heterocycles. The summed E-state index contributed by atoms with van der Waals surface area (Å²) in [6.45, 7) is 4.15. The Labute approximate surface area is 160 Å². The maximum absolute atomic E-state index is 6.25. The number of benzene rings is 2. The summed E-state index contributed by atoms with van der Waals surface area (Å²) < 4.78 is 5.82. The lowest BCUT2D eigenvalue weighted by Crippen LogP contribution is -1.88. The average Bonchev–Trinajstić information content (AvgIpc) is 3.13. The van der Waals surface area contributed by atoms with Crippen LogP contribution in [0.5, 0.6) is 0 Å². The number of hydrogen-bond acceptors (Lipinski definition) is 5. The van der Waals surface area contributed by atoms with Crippen molar-refractivity contribution >= 4 is 34.3 Å². The number of aromatic nitrogens is 3. The van der Waals surface area contributed by atoms with Gasteiger partial charge in [-0.3, -0.25) is 4.98 Å². The van der Waals surface area contributed by atoms with E-state index in [2.05, 4.69) is 41.2 Å². The van der Waals surface area contributed by atoms with E-state index >= 15 is 0 Å². The van der Waals surface area contributed by atoms with Gasteiger partial charge in [-0.25, -0.2) is 0 Å². The van der Waals surface area contributed by atoms with Gasteiger partial charge in [0.25, 0.3) is 5.22 Å². The van der Waals surface area contributed by atoms with Crippen molar-refractivity contribution < 1.29 is 4.42 Å². The van der Waals surface area contributed by atoms with Crippen LogP contribution in [0.2, 0.25) is 5.02 Å². The molecule has 2 aromatic carbocycles. The molecule has 0 aliphatic carbocycles. The number of thioether (sulfide) groups is 1. The Morgan fingerprint density at radius 1 is 1.04 bits per heavy atom. The second kappa shape index (κ2) is 7.09. The molecule has 6 heteroatoms. The van der Waals surface area contributed by atoms with Gasteiger partial charge in [0.2, 0.25) is 5.89 Å². The van der Waals surface area contributed by atoms with E-state index in [1.807, 2.05) is 30.3 Å². The summed E-state index contributed by atoms with van der Waals surface area (Å²) in [5, 5.41) is 10.5. The number of hydrogen-bond donors (Lipinski definition) is 0. The van der Waals surface area contributed by atoms with Crippen molar-refractivity contribution in [3.63, 3.8) is 0 Å². The molecule has 0 saturated carbocycles. The molecule has 2 aromatic heterocycles. The van der Waals surface area contributed by atoms with Crippen LogP contribution >= 0.6 is 23.4 Å². The number of pyridine rings is 1. The minimum atomic E-state index is 0.537. The minimum Gasteiger partial charge on any atom is -0.411 e. The van der Waals surface area contributed by atoms with Crippen LogP contribution in [-0.2, 0) is 5.75 Å². The van der Waals surface area contributed by atoms with Crippen molar-refractivity contribution in [1.29, 1.82) is 0 Å². The van der Waals surface area contributed by atoms with Gasteiger partial charge in [-0.1, -0.05) is 35.5 Å². The molecule has 2 heterocycles. The number of halogens is 1. The predicted octanol–water partition coefficient (Wildman–Crippen LogP) is 5.85. The molecule has 0 fully saturated rings. The maximum Gasteiger partial charge on any atom is 0.277 e. The van der Waals surface area contributed by atoms with Gasteiger partial charge < -0.3 is 4.42 Å². The van der Waals surface area contributed by atoms with E-state index in [4.69, 9.17) is 16.0 Å². The lowest BCUT2D eigenvalue weighted by molar-refractivity contribution is 0.466. The molecular weight excluding hydrogens is 366 g/mol. The summed E-state index contributed by atoms with van der Waals surface area (Å²) in [6.07, 6.45) is 1.78. The molecule has 0 unspecified atom stereocenters. The predicted molar refractivity (Wildman–Crippen MR) is 106 cm³/mol. The van der Waals surface area contributed by atoms with Gasteiger partial charge in [0.1, 0.15) is 0 Å². The Kier molecular flexibility index (Phi) is 4.66. The Morgan fingerprint density at radius 2 is 1.92 bits per heavy atom. The average molecular weight is 382 g/mol. The Morgan fingerprint density at radius 3 is 2.77 bits per heavy atom. The molecule has 26 heavy (non-hydrogen) atoms. The Bertz CT molecular complexity index is 1090. The first-order chi connectivity index (χ1) is 12.6. The number of nitrogens with zero attached hydrogens (tertiary/aromatic N) is 3. The second-order valence-corrected chi connectivity index (χ2v) is 7.40. The standard InChI is InChI=1S/C20H16ClN3OS/c1-12-5-6-14(10-13(12)2)19-23-24-20(25-19)26-11-15-7-8-17(21)16-4-3-9-22-18(15)16/h3-10H,11H2,1-2H3. The van der Waals surface area contributed by atoms with Crippen molar-refractivity contribution in [2.45, 2.75) is 24.8 Å². The van der Waals surface area contributed by atoms with Crippen LogP contribution in [0.4, 0.5) is 0 Å². The highest BCUT2D eigenvalue weighted by molar-refractivity contribution is 7.98. The van der Waals surface area contributed by atoms with Crippen LogP contribution < -0.4 is 0 Å². The zero-order valence-corrected chi connectivity index (χ0v) is 15.9. The molecule has 0 aliphatic rings. The van der Waals surface area contributed by atoms with Gasteiger partial charge in [-0.05, 0) is 60.9 Å². The van der Waals surface area contributed by atoms with Crippen LogP contribution in [-0.4, -0.2) is 15.2 Å². The van der Waals surface area contributed by atoms with Crippen molar-refractivity contribution in [2.75, 3.05) is 0 Å². The Balaban J connectivity index is 1.55. The third-order valence-corrected chi connectivity index (χ3v) is 5.51. The van der Waals surface area contributed by atoms with Gasteiger partial charge in [0, 0.05) is 27.9 Å². The van der Waals surface area contributed by atoms with E-state index in [1.54, 1.807) is 6.20 Å². The third-order valence-electron chi connectivity index (χ3n) is 4.31. The van der Waals surface area contributed by atoms with Gasteiger partial charge in [-0.15, -0.1) is 10.2 Å². The summed E-state index contributed by atoms with van der Waals surface area (Å²) in [5.74, 6) is 1.22. The summed E-state index contributed by atoms with van der Waals surface area (Å²) in [5.41, 5.74) is 5.37. The molecule has 0 atom stereocenters. The van der Waals surface area contributed by atoms with Crippen molar-refractivity contribution in [3.05, 3.63) is 70.4 Å². The van der Waals surface area contributed by atoms with E-state index in [-0.39, 0.29) is 0 Å². The van der Waals surface area contributed by atoms with Gasteiger partial charge in [0.05, 0.1) is 5.52 Å². The fourth-order valence-electron chi connectivity index (χ4n) is 2.71. The smallest absolute Gasteiger partial charge is 0.277 e. The number of aryl methyl sites for hydroxylation is 2. The van der Waals surface area contributed by atoms with Crippen LogP contribution in [0.25, 0.3) is 22.4 Å². The van der Waals surface area contributed by atoms with Crippen LogP contribution in [0.3, 0.4) is 0 Å². The maximum atomic E-state index is 6.25. The van der Waals surface area contributed by atoms with E-state index in [0.29, 0.717) is 21.9 Å². The van der Waals surface area contributed by atoms with E-state index in [0.717, 1.165) is 22.0 Å². The Hall–Kier alpha value is -2.37. The quantitative estimate of drug-likeness (QED) is 0.415. The van der Waals surface area contributed by atoms with E-state index in [9.17, 15) is 0 Å². The molecule has 0 aliphatic heterocycles. The molecule has 0 amide bonds. The topological polar surface area (TPSA) is 51.8 Å². The molecule has 4 nitrogen and oxygen atoms in total. The monoisotopic (exact) mass is 381 g/mol. The van der Waals surface area contributed by atoms with Gasteiger partial charge in [-0.2, -0.15) is 0 Å². The molecule has 0 radical (unpaired) electrons. The summed E-state index contributed by atoms with van der Waals surface area (Å²) in [4.78, 5) is 4.46. The second-order valence-electron chi connectivity index (χ2n) is 6.07. The fraction of sp³-hybridized carbons (Fsp3) is 0.150. The lowest BCUT2D eigenvalue weighted by atomic mass is 10.1. The highest BCUT2D eigenvalue weighted by Crippen LogP contribution is 2.31. The number of rotatable bonds is 4. The summed E-state index contributed by atoms with van der Waals surface area (Å²) in [7, 11) is 0. The highest BCUT2D eigenvalue weighted by atomic mass is 35.5. The first-order valence-electron chi connectivity index (χ1n) is 8.18. The van der Waals surface area contributed by atoms with Crippen molar-refractivity contribution in [1.82, 2.24) is 15.2 Å². The number of fused-ring (bicyclic) bond motifs is 1. The van der Waals surface area contributed by atoms with E-state index in [1.165, 1.54) is 22.9 Å². The largest absolute Gasteiger partial charge is 0.411 e. The van der Waals surface area contributed by atoms with Gasteiger partial charge >= 0.3 is 0 Å². The van der Waals surface area contributed by atoms with Crippen LogP contribution in [0, 0.1) is 13.8 Å². The molecule has 4 aromatic rings. The fourth-order valence-corrected chi connectivity index (χ4v) is 3.68. The van der Waals surface area contributed by atoms with Crippen molar-refractivity contribution in [3.8, 4) is 11.5 Å². The molecule has 0 bridgehead atoms. The zero-order valence-electron chi connectivity index (χ0n) is 14.4. The molecular formula is C20H16ClN3OS. The summed E-state index contributed by atoms with van der Waals surface area (Å²) in [6, 6.07) is 13.9. The van der Waals surface area contributed by atoms with Gasteiger partial charge in [0.15, 0.2) is 0 Å². The summed E-state index contributed by atoms with van der Waals surface area (Å²) >= 11 is 7.75. The molecule has 0 spiro atoms. The zero-order chi connectivity index (χ0) is 18.1. The third kappa shape index (κ3) is 3.32. The molecule has 0 N–H and O–H groups in total. The first-order valence-corrected chi connectivity index (χ1v) is 9.54. The molecule has 4 rings (SSSR count). The van der Waals surface area contributed by atoms with Crippen LogP contribution in [0.15, 0.2) is 58.3 Å². The highest BCUT2D eigenvalue weighted by Gasteiger charge is 2.12. The van der Waals surface area contributed by atoms with Crippen molar-refractivity contribution in [2.24, 2.45) is 0 Å². The SMILES string of the molecule is Cc1ccc(-c2nnc(SCc3ccc(Cl)c4cccnc34)o2)cc1C. The molecule has 130 valence electrons. The first kappa shape index (κ1) is 17.1. The minimum absolute atomic E-state index is 0.537. The lowest BCUT2D eigenvalue weighted by Gasteiger charge is -2.05. The normalized spacial score (nSPS) is 11.2. The van der Waals surface area contributed by atoms with E-state index < -0.39 is 0 Å². The van der Waals surface area contributed by atoms with Crippen LogP contribution in [0.1, 0.15) is 16.7 Å².